The number of amides is 2. The van der Waals surface area contributed by atoms with Crippen molar-refractivity contribution in [2.75, 3.05) is 10.6 Å². The first-order chi connectivity index (χ1) is 13.7. The molecule has 1 heterocycles. The van der Waals surface area contributed by atoms with Gasteiger partial charge in [-0.2, -0.15) is 0 Å². The van der Waals surface area contributed by atoms with Crippen molar-refractivity contribution in [2.24, 2.45) is 0 Å². The van der Waals surface area contributed by atoms with Gasteiger partial charge < -0.3 is 10.6 Å². The molecule has 154 valence electrons. The van der Waals surface area contributed by atoms with Crippen LogP contribution in [0.5, 0.6) is 0 Å². The first-order valence-corrected chi connectivity index (χ1v) is 11.9. The maximum atomic E-state index is 13.0. The summed E-state index contributed by atoms with van der Waals surface area (Å²) in [6, 6.07) is 12.2. The van der Waals surface area contributed by atoms with Crippen LogP contribution in [0, 0.1) is 0 Å². The highest BCUT2D eigenvalue weighted by Gasteiger charge is 2.29. The van der Waals surface area contributed by atoms with Crippen molar-refractivity contribution >= 4 is 44.8 Å². The van der Waals surface area contributed by atoms with Crippen LogP contribution in [0.1, 0.15) is 32.8 Å². The highest BCUT2D eigenvalue weighted by molar-refractivity contribution is 8.01. The lowest BCUT2D eigenvalue weighted by molar-refractivity contribution is -0.116. The first-order valence-electron chi connectivity index (χ1n) is 9.45. The minimum absolute atomic E-state index is 0.0972. The van der Waals surface area contributed by atoms with Gasteiger partial charge in [0.05, 0.1) is 21.1 Å². The molecule has 1 aliphatic heterocycles. The third-order valence-corrected chi connectivity index (χ3v) is 8.15. The summed E-state index contributed by atoms with van der Waals surface area (Å²) in [5.74, 6) is -0.510. The summed E-state index contributed by atoms with van der Waals surface area (Å²) in [4.78, 5) is 25.2. The highest BCUT2D eigenvalue weighted by Crippen LogP contribution is 2.37. The summed E-state index contributed by atoms with van der Waals surface area (Å²) in [6.45, 7) is 5.34. The van der Waals surface area contributed by atoms with Gasteiger partial charge >= 0.3 is 0 Å². The van der Waals surface area contributed by atoms with E-state index in [1.807, 2.05) is 25.1 Å². The van der Waals surface area contributed by atoms with E-state index in [1.54, 1.807) is 19.1 Å². The maximum Gasteiger partial charge on any atom is 0.237 e. The quantitative estimate of drug-likeness (QED) is 0.723. The Bertz CT molecular complexity index is 1050. The van der Waals surface area contributed by atoms with E-state index in [9.17, 15) is 18.0 Å². The van der Waals surface area contributed by atoms with E-state index in [2.05, 4.69) is 10.6 Å². The zero-order valence-electron chi connectivity index (χ0n) is 16.6. The summed E-state index contributed by atoms with van der Waals surface area (Å²) in [6.07, 6.45) is 0.689. The van der Waals surface area contributed by atoms with E-state index in [4.69, 9.17) is 0 Å². The van der Waals surface area contributed by atoms with Crippen LogP contribution in [0.25, 0.3) is 0 Å². The molecular formula is C21H24N2O4S2. The molecule has 0 aromatic heterocycles. The molecular weight excluding hydrogens is 408 g/mol. The number of anilines is 2. The van der Waals surface area contributed by atoms with Gasteiger partial charge in [0.25, 0.3) is 0 Å². The second kappa shape index (κ2) is 8.59. The largest absolute Gasteiger partial charge is 0.326 e. The number of thioether (sulfide) groups is 1. The standard InChI is InChI=1S/C21H24N2O4S2/c1-4-15-6-5-7-16(11-15)22-20(24)10-13(2)29(26,27)17-8-9-19-18(12-17)23-21(25)14(3)28-19/h5-9,11-14H,4,10H2,1-3H3,(H,22,24)(H,23,25)/t13-,14+/m0/s1. The molecule has 0 aliphatic carbocycles. The monoisotopic (exact) mass is 432 g/mol. The van der Waals surface area contributed by atoms with Crippen molar-refractivity contribution in [2.45, 2.75) is 53.9 Å². The minimum Gasteiger partial charge on any atom is -0.326 e. The Morgan fingerprint density at radius 1 is 1.24 bits per heavy atom. The van der Waals surface area contributed by atoms with Crippen LogP contribution < -0.4 is 10.6 Å². The lowest BCUT2D eigenvalue weighted by Crippen LogP contribution is -2.27. The molecule has 0 saturated heterocycles. The molecule has 1 aliphatic rings. The number of hydrogen-bond acceptors (Lipinski definition) is 5. The van der Waals surface area contributed by atoms with Crippen LogP contribution in [0.4, 0.5) is 11.4 Å². The molecule has 3 rings (SSSR count). The zero-order valence-corrected chi connectivity index (χ0v) is 18.2. The van der Waals surface area contributed by atoms with Gasteiger partial charge in [0.1, 0.15) is 0 Å². The van der Waals surface area contributed by atoms with Crippen molar-refractivity contribution < 1.29 is 18.0 Å². The van der Waals surface area contributed by atoms with Gasteiger partial charge in [-0.15, -0.1) is 11.8 Å². The van der Waals surface area contributed by atoms with Gasteiger partial charge in [-0.1, -0.05) is 19.1 Å². The Hall–Kier alpha value is -2.32. The molecule has 2 amide bonds. The minimum atomic E-state index is -3.73. The first kappa shape index (κ1) is 21.4. The topological polar surface area (TPSA) is 92.3 Å². The highest BCUT2D eigenvalue weighted by atomic mass is 32.2. The second-order valence-electron chi connectivity index (χ2n) is 7.07. The summed E-state index contributed by atoms with van der Waals surface area (Å²) in [5, 5.41) is 4.38. The lowest BCUT2D eigenvalue weighted by Gasteiger charge is -2.22. The van der Waals surface area contributed by atoms with Gasteiger partial charge in [0.15, 0.2) is 9.84 Å². The van der Waals surface area contributed by atoms with Crippen molar-refractivity contribution in [1.29, 1.82) is 0 Å². The number of nitrogens with one attached hydrogen (secondary N) is 2. The van der Waals surface area contributed by atoms with E-state index in [-0.39, 0.29) is 28.4 Å². The lowest BCUT2D eigenvalue weighted by atomic mass is 10.1. The molecule has 0 bridgehead atoms. The molecule has 0 unspecified atom stereocenters. The Morgan fingerprint density at radius 3 is 2.72 bits per heavy atom. The molecule has 2 N–H and O–H groups in total. The SMILES string of the molecule is CCc1cccc(NC(=O)C[C@H](C)S(=O)(=O)c2ccc3c(c2)NC(=O)[C@@H](C)S3)c1. The summed E-state index contributed by atoms with van der Waals surface area (Å²) >= 11 is 1.39. The molecule has 0 radical (unpaired) electrons. The molecule has 2 aromatic carbocycles. The third kappa shape index (κ3) is 4.82. The van der Waals surface area contributed by atoms with Crippen molar-refractivity contribution in [3.8, 4) is 0 Å². The summed E-state index contributed by atoms with van der Waals surface area (Å²) in [5.41, 5.74) is 2.24. The molecule has 6 nitrogen and oxygen atoms in total. The van der Waals surface area contributed by atoms with Crippen LogP contribution in [0.2, 0.25) is 0 Å². The van der Waals surface area contributed by atoms with Crippen LogP contribution in [0.15, 0.2) is 52.3 Å². The van der Waals surface area contributed by atoms with Crippen LogP contribution in [0.3, 0.4) is 0 Å². The number of benzene rings is 2. The molecule has 0 saturated carbocycles. The fourth-order valence-electron chi connectivity index (χ4n) is 3.05. The predicted octanol–water partition coefficient (Wildman–Crippen LogP) is 3.87. The molecule has 0 fully saturated rings. The zero-order chi connectivity index (χ0) is 21.2. The second-order valence-corrected chi connectivity index (χ2v) is 10.8. The molecule has 8 heteroatoms. The fraction of sp³-hybridized carbons (Fsp3) is 0.333. The Morgan fingerprint density at radius 2 is 2.00 bits per heavy atom. The Balaban J connectivity index is 1.73. The van der Waals surface area contributed by atoms with E-state index in [1.165, 1.54) is 30.8 Å². The molecule has 2 atom stereocenters. The van der Waals surface area contributed by atoms with Crippen molar-refractivity contribution in [1.82, 2.24) is 0 Å². The summed E-state index contributed by atoms with van der Waals surface area (Å²) < 4.78 is 25.9. The van der Waals surface area contributed by atoms with Crippen molar-refractivity contribution in [3.63, 3.8) is 0 Å². The summed E-state index contributed by atoms with van der Waals surface area (Å²) in [7, 11) is -3.73. The van der Waals surface area contributed by atoms with Crippen LogP contribution in [-0.2, 0) is 25.8 Å². The van der Waals surface area contributed by atoms with Crippen LogP contribution in [-0.4, -0.2) is 30.7 Å². The number of fused-ring (bicyclic) bond motifs is 1. The van der Waals surface area contributed by atoms with E-state index in [0.29, 0.717) is 11.4 Å². The average molecular weight is 433 g/mol. The van der Waals surface area contributed by atoms with Gasteiger partial charge in [-0.3, -0.25) is 9.59 Å². The van der Waals surface area contributed by atoms with Crippen LogP contribution >= 0.6 is 11.8 Å². The van der Waals surface area contributed by atoms with E-state index >= 15 is 0 Å². The number of rotatable bonds is 6. The molecule has 29 heavy (non-hydrogen) atoms. The molecule has 0 spiro atoms. The Kier molecular flexibility index (Phi) is 6.33. The number of sulfone groups is 1. The smallest absolute Gasteiger partial charge is 0.237 e. The molecule has 2 aromatic rings. The van der Waals surface area contributed by atoms with Gasteiger partial charge in [-0.25, -0.2) is 8.42 Å². The predicted molar refractivity (Wildman–Crippen MR) is 116 cm³/mol. The maximum absolute atomic E-state index is 13.0. The number of hydrogen-bond donors (Lipinski definition) is 2. The Labute approximate surface area is 175 Å². The average Bonchev–Trinajstić information content (AvgIpc) is 2.68. The number of carbonyl (C=O) groups excluding carboxylic acids is 2. The van der Waals surface area contributed by atoms with Gasteiger partial charge in [-0.05, 0) is 56.2 Å². The number of carbonyl (C=O) groups is 2. The van der Waals surface area contributed by atoms with E-state index in [0.717, 1.165) is 16.9 Å². The van der Waals surface area contributed by atoms with E-state index < -0.39 is 15.1 Å². The van der Waals surface area contributed by atoms with Crippen molar-refractivity contribution in [3.05, 3.63) is 48.0 Å². The fourth-order valence-corrected chi connectivity index (χ4v) is 5.35. The van der Waals surface area contributed by atoms with Gasteiger partial charge in [0, 0.05) is 17.0 Å². The third-order valence-electron chi connectivity index (χ3n) is 4.83. The normalized spacial score (nSPS) is 17.2. The van der Waals surface area contributed by atoms with Gasteiger partial charge in [0.2, 0.25) is 11.8 Å². The number of aryl methyl sites for hydroxylation is 1.